The summed E-state index contributed by atoms with van der Waals surface area (Å²) in [5.41, 5.74) is 0. The van der Waals surface area contributed by atoms with Crippen LogP contribution in [0, 0.1) is 0 Å². The van der Waals surface area contributed by atoms with Gasteiger partial charge in [-0.15, -0.1) is 0 Å². The van der Waals surface area contributed by atoms with Crippen molar-refractivity contribution in [1.29, 1.82) is 0 Å². The molecule has 2 heterocycles. The van der Waals surface area contributed by atoms with Gasteiger partial charge in [-0.2, -0.15) is 0 Å². The molecule has 0 radical (unpaired) electrons. The number of hydrogen-bond acceptors (Lipinski definition) is 6. The third-order valence-corrected chi connectivity index (χ3v) is 2.60. The van der Waals surface area contributed by atoms with E-state index in [-0.39, 0.29) is 12.1 Å². The third kappa shape index (κ3) is 5.42. The van der Waals surface area contributed by atoms with Crippen LogP contribution in [0.4, 0.5) is 0 Å². The van der Waals surface area contributed by atoms with E-state index in [4.69, 9.17) is 23.4 Å². The van der Waals surface area contributed by atoms with Crippen LogP contribution in [0.25, 0.3) is 0 Å². The van der Waals surface area contributed by atoms with Crippen molar-refractivity contribution < 1.29 is 28.2 Å². The van der Waals surface area contributed by atoms with Gasteiger partial charge < -0.3 is 23.4 Å². The number of hydrogen-bond donors (Lipinski definition) is 0. The summed E-state index contributed by atoms with van der Waals surface area (Å²) in [5, 5.41) is 0. The summed E-state index contributed by atoms with van der Waals surface area (Å²) >= 11 is 0. The maximum atomic E-state index is 10.8. The van der Waals surface area contributed by atoms with Crippen LogP contribution in [0.15, 0.2) is 22.8 Å². The summed E-state index contributed by atoms with van der Waals surface area (Å²) in [6.07, 6.45) is 1.84. The molecule has 0 bridgehead atoms. The number of ether oxygens (including phenoxy) is 4. The highest BCUT2D eigenvalue weighted by molar-refractivity contribution is 5.71. The van der Waals surface area contributed by atoms with Crippen LogP contribution in [0.2, 0.25) is 0 Å². The van der Waals surface area contributed by atoms with Gasteiger partial charge in [-0.1, -0.05) is 0 Å². The largest absolute Gasteiger partial charge is 0.467 e. The Morgan fingerprint density at radius 3 is 2.79 bits per heavy atom. The Hall–Kier alpha value is -1.37. The molecule has 0 amide bonds. The first-order valence-corrected chi connectivity index (χ1v) is 6.29. The predicted octanol–water partition coefficient (Wildman–Crippen LogP) is 1.14. The molecule has 1 aromatic rings. The second-order valence-corrected chi connectivity index (χ2v) is 4.12. The zero-order valence-corrected chi connectivity index (χ0v) is 10.7. The van der Waals surface area contributed by atoms with E-state index in [1.807, 2.05) is 12.1 Å². The first-order chi connectivity index (χ1) is 9.34. The fourth-order valence-electron chi connectivity index (χ4n) is 1.66. The average molecular weight is 270 g/mol. The molecule has 6 heteroatoms. The van der Waals surface area contributed by atoms with E-state index in [1.54, 1.807) is 6.26 Å². The van der Waals surface area contributed by atoms with Gasteiger partial charge in [0.1, 0.15) is 25.1 Å². The Bertz CT molecular complexity index is 361. The van der Waals surface area contributed by atoms with Crippen molar-refractivity contribution in [1.82, 2.24) is 0 Å². The molecule has 19 heavy (non-hydrogen) atoms. The van der Waals surface area contributed by atoms with E-state index in [9.17, 15) is 4.79 Å². The molecular formula is C13H18O6. The SMILES string of the molecule is O=C1CC(OCCOCCOCc2ccco2)CO1. The first-order valence-electron chi connectivity index (χ1n) is 6.29. The van der Waals surface area contributed by atoms with Gasteiger partial charge in [0.05, 0.1) is 39.1 Å². The molecule has 1 aliphatic rings. The van der Waals surface area contributed by atoms with Gasteiger partial charge in [-0.3, -0.25) is 4.79 Å². The second-order valence-electron chi connectivity index (χ2n) is 4.12. The van der Waals surface area contributed by atoms with Crippen molar-refractivity contribution in [3.05, 3.63) is 24.2 Å². The highest BCUT2D eigenvalue weighted by Crippen LogP contribution is 2.09. The minimum absolute atomic E-state index is 0.119. The van der Waals surface area contributed by atoms with Crippen LogP contribution in [-0.2, 0) is 30.3 Å². The highest BCUT2D eigenvalue weighted by Gasteiger charge is 2.23. The normalized spacial score (nSPS) is 18.7. The number of cyclic esters (lactones) is 1. The number of carbonyl (C=O) groups is 1. The van der Waals surface area contributed by atoms with Crippen LogP contribution in [0.5, 0.6) is 0 Å². The quantitative estimate of drug-likeness (QED) is 0.495. The lowest BCUT2D eigenvalue weighted by molar-refractivity contribution is -0.137. The summed E-state index contributed by atoms with van der Waals surface area (Å²) in [5.74, 6) is 0.603. The molecule has 0 spiro atoms. The van der Waals surface area contributed by atoms with Crippen LogP contribution in [0.1, 0.15) is 12.2 Å². The number of carbonyl (C=O) groups excluding carboxylic acids is 1. The van der Waals surface area contributed by atoms with Crippen molar-refractivity contribution in [3.63, 3.8) is 0 Å². The minimum atomic E-state index is -0.197. The van der Waals surface area contributed by atoms with Crippen molar-refractivity contribution in [2.24, 2.45) is 0 Å². The maximum Gasteiger partial charge on any atom is 0.308 e. The van der Waals surface area contributed by atoms with E-state index in [1.165, 1.54) is 0 Å². The Morgan fingerprint density at radius 1 is 1.21 bits per heavy atom. The summed E-state index contributed by atoms with van der Waals surface area (Å²) < 4.78 is 26.0. The Balaban J connectivity index is 1.37. The van der Waals surface area contributed by atoms with E-state index >= 15 is 0 Å². The average Bonchev–Trinajstić information content (AvgIpc) is 3.04. The first kappa shape index (κ1) is 14.0. The third-order valence-electron chi connectivity index (χ3n) is 2.60. The predicted molar refractivity (Wildman–Crippen MR) is 64.5 cm³/mol. The molecule has 2 rings (SSSR count). The van der Waals surface area contributed by atoms with E-state index in [2.05, 4.69) is 0 Å². The molecule has 6 nitrogen and oxygen atoms in total. The monoisotopic (exact) mass is 270 g/mol. The minimum Gasteiger partial charge on any atom is -0.467 e. The fourth-order valence-corrected chi connectivity index (χ4v) is 1.66. The molecule has 1 atom stereocenters. The summed E-state index contributed by atoms with van der Waals surface area (Å²) in [6, 6.07) is 3.68. The molecule has 1 unspecified atom stereocenters. The topological polar surface area (TPSA) is 67.1 Å². The van der Waals surface area contributed by atoms with Gasteiger partial charge in [0, 0.05) is 0 Å². The van der Waals surface area contributed by atoms with E-state index in [0.717, 1.165) is 5.76 Å². The lowest BCUT2D eigenvalue weighted by atomic mass is 10.3. The Morgan fingerprint density at radius 2 is 2.05 bits per heavy atom. The van der Waals surface area contributed by atoms with Crippen LogP contribution < -0.4 is 0 Å². The Kier molecular flexibility index (Phi) is 5.87. The number of esters is 1. The number of furan rings is 1. The van der Waals surface area contributed by atoms with Crippen LogP contribution >= 0.6 is 0 Å². The molecule has 0 aliphatic carbocycles. The smallest absolute Gasteiger partial charge is 0.308 e. The fraction of sp³-hybridized carbons (Fsp3) is 0.615. The summed E-state index contributed by atoms with van der Waals surface area (Å²) in [4.78, 5) is 10.8. The highest BCUT2D eigenvalue weighted by atomic mass is 16.6. The molecule has 106 valence electrons. The van der Waals surface area contributed by atoms with Gasteiger partial charge in [0.2, 0.25) is 0 Å². The van der Waals surface area contributed by atoms with E-state index in [0.29, 0.717) is 46.1 Å². The maximum absolute atomic E-state index is 10.8. The van der Waals surface area contributed by atoms with Crippen molar-refractivity contribution in [3.8, 4) is 0 Å². The number of rotatable bonds is 9. The van der Waals surface area contributed by atoms with Gasteiger partial charge in [0.15, 0.2) is 0 Å². The van der Waals surface area contributed by atoms with Crippen molar-refractivity contribution in [2.45, 2.75) is 19.1 Å². The molecule has 1 fully saturated rings. The molecular weight excluding hydrogens is 252 g/mol. The molecule has 1 aromatic heterocycles. The van der Waals surface area contributed by atoms with Crippen molar-refractivity contribution in [2.75, 3.05) is 33.0 Å². The summed E-state index contributed by atoms with van der Waals surface area (Å²) in [6.45, 7) is 2.75. The molecule has 1 saturated heterocycles. The van der Waals surface area contributed by atoms with Crippen molar-refractivity contribution >= 4 is 5.97 Å². The van der Waals surface area contributed by atoms with Gasteiger partial charge in [0.25, 0.3) is 0 Å². The second kappa shape index (κ2) is 7.93. The lowest BCUT2D eigenvalue weighted by Gasteiger charge is -2.09. The molecule has 0 saturated carbocycles. The lowest BCUT2D eigenvalue weighted by Crippen LogP contribution is -2.17. The standard InChI is InChI=1S/C13H18O6/c14-13-8-12(10-19-13)18-7-6-15-4-5-16-9-11-2-1-3-17-11/h1-3,12H,4-10H2. The molecule has 1 aliphatic heterocycles. The van der Waals surface area contributed by atoms with E-state index < -0.39 is 0 Å². The zero-order valence-electron chi connectivity index (χ0n) is 10.7. The Labute approximate surface area is 111 Å². The van der Waals surface area contributed by atoms with Gasteiger partial charge in [-0.05, 0) is 12.1 Å². The van der Waals surface area contributed by atoms with Crippen LogP contribution in [-0.4, -0.2) is 45.1 Å². The van der Waals surface area contributed by atoms with Gasteiger partial charge >= 0.3 is 5.97 Å². The zero-order chi connectivity index (χ0) is 13.3. The van der Waals surface area contributed by atoms with Gasteiger partial charge in [-0.25, -0.2) is 0 Å². The summed E-state index contributed by atoms with van der Waals surface area (Å²) in [7, 11) is 0. The van der Waals surface area contributed by atoms with Crippen LogP contribution in [0.3, 0.4) is 0 Å². The molecule has 0 aromatic carbocycles. The molecule has 0 N–H and O–H groups in total.